The lowest BCUT2D eigenvalue weighted by Crippen LogP contribution is -2.52. The lowest BCUT2D eigenvalue weighted by molar-refractivity contribution is -0.138. The molecule has 9 nitrogen and oxygen atoms in total. The average molecular weight is 352 g/mol. The minimum atomic E-state index is -1.34. The summed E-state index contributed by atoms with van der Waals surface area (Å²) in [5.74, 6) is -4.68. The maximum atomic E-state index is 12.3. The highest BCUT2D eigenvalue weighted by Gasteiger charge is 2.32. The number of phenols is 1. The third-order valence-corrected chi connectivity index (χ3v) is 3.42. The second kappa shape index (κ2) is 8.13. The number of benzene rings is 1. The Morgan fingerprint density at radius 2 is 1.76 bits per heavy atom. The topological polar surface area (TPSA) is 144 Å². The zero-order chi connectivity index (χ0) is 19.3. The highest BCUT2D eigenvalue weighted by atomic mass is 16.4. The first-order valence-electron chi connectivity index (χ1n) is 7.41. The van der Waals surface area contributed by atoms with Gasteiger partial charge in [0.05, 0.1) is 0 Å². The number of carbonyl (C=O) groups is 4. The molecular formula is C16H20N2O7. The van der Waals surface area contributed by atoms with Gasteiger partial charge in [-0.15, -0.1) is 0 Å². The average Bonchev–Trinajstić information content (AvgIpc) is 2.48. The molecule has 4 N–H and O–H groups in total. The van der Waals surface area contributed by atoms with Crippen LogP contribution in [-0.2, 0) is 14.4 Å². The van der Waals surface area contributed by atoms with Crippen molar-refractivity contribution in [2.75, 3.05) is 11.4 Å². The molecule has 0 aromatic heterocycles. The highest BCUT2D eigenvalue weighted by molar-refractivity contribution is 6.01. The zero-order valence-electron chi connectivity index (χ0n) is 14.0. The van der Waals surface area contributed by atoms with Crippen LogP contribution >= 0.6 is 0 Å². The number of carbonyl (C=O) groups excluding carboxylic acids is 2. The molecule has 0 aliphatic heterocycles. The number of aromatic hydroxyl groups is 1. The van der Waals surface area contributed by atoms with E-state index in [0.29, 0.717) is 0 Å². The van der Waals surface area contributed by atoms with Gasteiger partial charge in [-0.2, -0.15) is 0 Å². The van der Waals surface area contributed by atoms with Crippen molar-refractivity contribution >= 4 is 29.4 Å². The molecule has 1 rings (SSSR count). The van der Waals surface area contributed by atoms with Gasteiger partial charge in [0.2, 0.25) is 11.8 Å². The van der Waals surface area contributed by atoms with E-state index in [9.17, 15) is 24.3 Å². The molecule has 0 aliphatic rings. The van der Waals surface area contributed by atoms with E-state index in [2.05, 4.69) is 5.32 Å². The largest absolute Gasteiger partial charge is 0.507 e. The summed E-state index contributed by atoms with van der Waals surface area (Å²) in [7, 11) is 0. The zero-order valence-corrected chi connectivity index (χ0v) is 14.0. The van der Waals surface area contributed by atoms with E-state index in [1.54, 1.807) is 13.8 Å². The lowest BCUT2D eigenvalue weighted by Gasteiger charge is -2.32. The molecule has 0 saturated heterocycles. The number of carboxylic acid groups (broad SMARTS) is 2. The maximum absolute atomic E-state index is 12.3. The molecule has 136 valence electrons. The van der Waals surface area contributed by atoms with E-state index < -0.39 is 42.1 Å². The van der Waals surface area contributed by atoms with E-state index in [1.807, 2.05) is 0 Å². The Balaban J connectivity index is 3.28. The molecular weight excluding hydrogens is 332 g/mol. The maximum Gasteiger partial charge on any atom is 0.339 e. The van der Waals surface area contributed by atoms with Gasteiger partial charge < -0.3 is 20.6 Å². The molecule has 1 aromatic rings. The fraction of sp³-hybridized carbons (Fsp3) is 0.375. The van der Waals surface area contributed by atoms with E-state index in [0.717, 1.165) is 17.0 Å². The molecule has 0 heterocycles. The van der Waals surface area contributed by atoms with Crippen molar-refractivity contribution in [3.63, 3.8) is 0 Å². The third-order valence-electron chi connectivity index (χ3n) is 3.42. The van der Waals surface area contributed by atoms with Crippen molar-refractivity contribution < 1.29 is 34.5 Å². The van der Waals surface area contributed by atoms with Gasteiger partial charge in [-0.25, -0.2) is 4.79 Å². The van der Waals surface area contributed by atoms with Crippen LogP contribution < -0.4 is 10.2 Å². The van der Waals surface area contributed by atoms with Crippen LogP contribution in [0.15, 0.2) is 18.2 Å². The molecule has 0 unspecified atom stereocenters. The second-order valence-corrected chi connectivity index (χ2v) is 5.70. The predicted octanol–water partition coefficient (Wildman–Crippen LogP) is 0.669. The minimum Gasteiger partial charge on any atom is -0.507 e. The molecule has 2 amide bonds. The minimum absolute atomic E-state index is 0.124. The van der Waals surface area contributed by atoms with Crippen molar-refractivity contribution in [2.45, 2.75) is 26.8 Å². The number of carboxylic acids is 2. The number of hydrogen-bond donors (Lipinski definition) is 4. The SMILES string of the molecule is CC(=O)N(c1ccc(C(=O)O)c(O)c1)[C@H](C(=O)NCC(=O)O)C(C)C. The second-order valence-electron chi connectivity index (χ2n) is 5.70. The standard InChI is InChI=1S/C16H20N2O7/c1-8(2)14(15(23)17-7-13(21)22)18(9(3)19)10-4-5-11(16(24)25)12(20)6-10/h4-6,8,14,20H,7H2,1-3H3,(H,17,23)(H,21,22)(H,24,25)/t14-/m0/s1. The van der Waals surface area contributed by atoms with Crippen LogP contribution in [-0.4, -0.2) is 51.7 Å². The predicted molar refractivity (Wildman–Crippen MR) is 87.5 cm³/mol. The molecule has 9 heteroatoms. The number of anilines is 1. The van der Waals surface area contributed by atoms with Gasteiger partial charge in [0.15, 0.2) is 0 Å². The van der Waals surface area contributed by atoms with Gasteiger partial charge in [0, 0.05) is 18.7 Å². The summed E-state index contributed by atoms with van der Waals surface area (Å²) in [5, 5.41) is 29.7. The van der Waals surface area contributed by atoms with Crippen molar-refractivity contribution in [2.24, 2.45) is 5.92 Å². The molecule has 0 aliphatic carbocycles. The normalized spacial score (nSPS) is 11.7. The van der Waals surface area contributed by atoms with Gasteiger partial charge in [-0.1, -0.05) is 13.8 Å². The van der Waals surface area contributed by atoms with E-state index in [-0.39, 0.29) is 17.2 Å². The Morgan fingerprint density at radius 3 is 2.16 bits per heavy atom. The third kappa shape index (κ3) is 4.93. The Morgan fingerprint density at radius 1 is 1.16 bits per heavy atom. The molecule has 0 fully saturated rings. The first-order valence-corrected chi connectivity index (χ1v) is 7.41. The first-order chi connectivity index (χ1) is 11.6. The Kier molecular flexibility index (Phi) is 6.49. The molecule has 0 spiro atoms. The molecule has 0 bridgehead atoms. The van der Waals surface area contributed by atoms with Crippen LogP contribution in [0.5, 0.6) is 5.75 Å². The number of aliphatic carboxylic acids is 1. The van der Waals surface area contributed by atoms with E-state index in [4.69, 9.17) is 10.2 Å². The first kappa shape index (κ1) is 19.9. The lowest BCUT2D eigenvalue weighted by atomic mass is 10.00. The number of nitrogens with zero attached hydrogens (tertiary/aromatic N) is 1. The van der Waals surface area contributed by atoms with Gasteiger partial charge >= 0.3 is 11.9 Å². The Labute approximate surface area is 143 Å². The number of nitrogens with one attached hydrogen (secondary N) is 1. The van der Waals surface area contributed by atoms with Crippen LogP contribution in [0, 0.1) is 5.92 Å². The van der Waals surface area contributed by atoms with Gasteiger partial charge in [-0.3, -0.25) is 19.3 Å². The molecule has 25 heavy (non-hydrogen) atoms. The van der Waals surface area contributed by atoms with Gasteiger partial charge in [0.25, 0.3) is 0 Å². The van der Waals surface area contributed by atoms with Crippen molar-refractivity contribution in [1.82, 2.24) is 5.32 Å². The van der Waals surface area contributed by atoms with Crippen LogP contribution in [0.3, 0.4) is 0 Å². The van der Waals surface area contributed by atoms with Crippen LogP contribution in [0.1, 0.15) is 31.1 Å². The molecule has 0 saturated carbocycles. The summed E-state index contributed by atoms with van der Waals surface area (Å²) in [4.78, 5) is 47.1. The number of amides is 2. The fourth-order valence-corrected chi connectivity index (χ4v) is 2.37. The summed E-state index contributed by atoms with van der Waals surface area (Å²) < 4.78 is 0. The van der Waals surface area contributed by atoms with Crippen LogP contribution in [0.2, 0.25) is 0 Å². The molecule has 1 atom stereocenters. The number of rotatable bonds is 7. The quantitative estimate of drug-likeness (QED) is 0.564. The summed E-state index contributed by atoms with van der Waals surface area (Å²) in [6, 6.07) is 2.46. The fourth-order valence-electron chi connectivity index (χ4n) is 2.37. The van der Waals surface area contributed by atoms with Crippen LogP contribution in [0.25, 0.3) is 0 Å². The highest BCUT2D eigenvalue weighted by Crippen LogP contribution is 2.28. The van der Waals surface area contributed by atoms with E-state index >= 15 is 0 Å². The van der Waals surface area contributed by atoms with Crippen LogP contribution in [0.4, 0.5) is 5.69 Å². The monoisotopic (exact) mass is 352 g/mol. The van der Waals surface area contributed by atoms with Gasteiger partial charge in [-0.05, 0) is 18.1 Å². The molecule has 1 aromatic carbocycles. The number of aromatic carboxylic acids is 1. The van der Waals surface area contributed by atoms with Gasteiger partial charge in [0.1, 0.15) is 23.9 Å². The summed E-state index contributed by atoms with van der Waals surface area (Å²) >= 11 is 0. The molecule has 0 radical (unpaired) electrons. The Bertz CT molecular complexity index is 700. The smallest absolute Gasteiger partial charge is 0.339 e. The van der Waals surface area contributed by atoms with Crippen molar-refractivity contribution in [3.05, 3.63) is 23.8 Å². The van der Waals surface area contributed by atoms with Crippen molar-refractivity contribution in [1.29, 1.82) is 0 Å². The van der Waals surface area contributed by atoms with Crippen molar-refractivity contribution in [3.8, 4) is 5.75 Å². The van der Waals surface area contributed by atoms with E-state index in [1.165, 1.54) is 13.0 Å². The summed E-state index contributed by atoms with van der Waals surface area (Å²) in [6.45, 7) is 3.96. The summed E-state index contributed by atoms with van der Waals surface area (Å²) in [5.41, 5.74) is -0.220. The summed E-state index contributed by atoms with van der Waals surface area (Å²) in [6.07, 6.45) is 0. The number of hydrogen-bond acceptors (Lipinski definition) is 5. The Hall–Kier alpha value is -3.10.